The first-order valence-corrected chi connectivity index (χ1v) is 8.71. The summed E-state index contributed by atoms with van der Waals surface area (Å²) < 4.78 is 1.74. The van der Waals surface area contributed by atoms with Crippen LogP contribution in [0, 0.1) is 13.8 Å². The Labute approximate surface area is 145 Å². The summed E-state index contributed by atoms with van der Waals surface area (Å²) in [6.45, 7) is 4.58. The number of rotatable bonds is 5. The zero-order valence-corrected chi connectivity index (χ0v) is 14.9. The number of aryl methyl sites for hydroxylation is 3. The van der Waals surface area contributed by atoms with Crippen LogP contribution in [0.5, 0.6) is 0 Å². The number of nitrogens with zero attached hydrogens (tertiary/aromatic N) is 3. The number of benzene rings is 1. The first-order chi connectivity index (χ1) is 11.5. The van der Waals surface area contributed by atoms with Gasteiger partial charge < -0.3 is 5.32 Å². The minimum atomic E-state index is -0.157. The number of hydrogen-bond donors (Lipinski definition) is 1. The predicted octanol–water partition coefficient (Wildman–Crippen LogP) is 3.13. The molecule has 0 saturated carbocycles. The Morgan fingerprint density at radius 2 is 2.00 bits per heavy atom. The molecule has 0 unspecified atom stereocenters. The molecule has 0 spiro atoms. The van der Waals surface area contributed by atoms with Crippen LogP contribution in [0.25, 0.3) is 11.3 Å². The van der Waals surface area contributed by atoms with Crippen LogP contribution in [0.4, 0.5) is 0 Å². The maximum Gasteiger partial charge on any atom is 0.271 e. The molecule has 0 atom stereocenters. The van der Waals surface area contributed by atoms with Crippen LogP contribution in [-0.4, -0.2) is 27.2 Å². The van der Waals surface area contributed by atoms with E-state index in [9.17, 15) is 4.79 Å². The van der Waals surface area contributed by atoms with Crippen LogP contribution < -0.4 is 5.32 Å². The van der Waals surface area contributed by atoms with E-state index in [1.807, 2.05) is 37.6 Å². The predicted molar refractivity (Wildman–Crippen MR) is 96.3 cm³/mol. The van der Waals surface area contributed by atoms with Gasteiger partial charge >= 0.3 is 0 Å². The molecule has 1 N–H and O–H groups in total. The second kappa shape index (κ2) is 6.97. The lowest BCUT2D eigenvalue weighted by Gasteiger charge is -2.01. The van der Waals surface area contributed by atoms with E-state index in [2.05, 4.69) is 34.5 Å². The fraction of sp³-hybridized carbons (Fsp3) is 0.278. The molecule has 5 nitrogen and oxygen atoms in total. The average Bonchev–Trinajstić information content (AvgIpc) is 3.14. The number of thiazole rings is 1. The second-order valence-electron chi connectivity index (χ2n) is 5.77. The van der Waals surface area contributed by atoms with Crippen molar-refractivity contribution in [2.75, 3.05) is 6.54 Å². The van der Waals surface area contributed by atoms with E-state index >= 15 is 0 Å². The van der Waals surface area contributed by atoms with Gasteiger partial charge in [-0.25, -0.2) is 4.98 Å². The van der Waals surface area contributed by atoms with Crippen molar-refractivity contribution in [3.8, 4) is 11.3 Å². The summed E-state index contributed by atoms with van der Waals surface area (Å²) in [7, 11) is 1.85. The molecule has 0 bridgehead atoms. The van der Waals surface area contributed by atoms with Gasteiger partial charge in [-0.1, -0.05) is 29.8 Å². The van der Waals surface area contributed by atoms with E-state index in [4.69, 9.17) is 0 Å². The Bertz CT molecular complexity index is 848. The number of aromatic nitrogens is 3. The minimum Gasteiger partial charge on any atom is -0.350 e. The van der Waals surface area contributed by atoms with E-state index in [0.29, 0.717) is 12.2 Å². The molecule has 6 heteroatoms. The maximum absolute atomic E-state index is 12.3. The van der Waals surface area contributed by atoms with Crippen LogP contribution >= 0.6 is 11.3 Å². The molecule has 24 heavy (non-hydrogen) atoms. The quantitative estimate of drug-likeness (QED) is 0.776. The molecular formula is C18H20N4OS. The Hall–Kier alpha value is -2.47. The van der Waals surface area contributed by atoms with Gasteiger partial charge in [-0.3, -0.25) is 9.48 Å². The van der Waals surface area contributed by atoms with Crippen molar-refractivity contribution < 1.29 is 4.79 Å². The lowest BCUT2D eigenvalue weighted by atomic mass is 10.1. The van der Waals surface area contributed by atoms with Crippen molar-refractivity contribution in [3.05, 3.63) is 57.7 Å². The number of carbonyl (C=O) groups is 1. The third kappa shape index (κ3) is 3.71. The molecule has 0 aliphatic rings. The van der Waals surface area contributed by atoms with Crippen LogP contribution in [0.15, 0.2) is 35.7 Å². The highest BCUT2D eigenvalue weighted by molar-refractivity contribution is 7.09. The molecule has 2 heterocycles. The number of hydrogen-bond acceptors (Lipinski definition) is 4. The van der Waals surface area contributed by atoms with Gasteiger partial charge in [-0.15, -0.1) is 11.3 Å². The molecule has 1 aromatic carbocycles. The average molecular weight is 340 g/mol. The van der Waals surface area contributed by atoms with Crippen LogP contribution in [0.1, 0.15) is 26.8 Å². The van der Waals surface area contributed by atoms with Gasteiger partial charge in [0.25, 0.3) is 5.91 Å². The Balaban J connectivity index is 1.65. The molecule has 0 saturated heterocycles. The summed E-state index contributed by atoms with van der Waals surface area (Å²) in [6, 6.07) is 10.0. The largest absolute Gasteiger partial charge is 0.350 e. The molecule has 0 radical (unpaired) electrons. The lowest BCUT2D eigenvalue weighted by molar-refractivity contribution is 0.0948. The molecular weight excluding hydrogens is 320 g/mol. The summed E-state index contributed by atoms with van der Waals surface area (Å²) in [5, 5.41) is 10.3. The molecule has 3 rings (SSSR count). The summed E-state index contributed by atoms with van der Waals surface area (Å²) in [5.74, 6) is -0.157. The van der Waals surface area contributed by atoms with Gasteiger partial charge in [-0.05, 0) is 25.5 Å². The van der Waals surface area contributed by atoms with E-state index < -0.39 is 0 Å². The molecule has 1 amide bonds. The highest BCUT2D eigenvalue weighted by atomic mass is 32.1. The van der Waals surface area contributed by atoms with Crippen LogP contribution in [0.2, 0.25) is 0 Å². The van der Waals surface area contributed by atoms with Crippen molar-refractivity contribution in [2.45, 2.75) is 20.3 Å². The molecule has 0 fully saturated rings. The fourth-order valence-electron chi connectivity index (χ4n) is 2.49. The zero-order valence-electron chi connectivity index (χ0n) is 14.0. The van der Waals surface area contributed by atoms with Gasteiger partial charge in [0.1, 0.15) is 0 Å². The van der Waals surface area contributed by atoms with Crippen LogP contribution in [-0.2, 0) is 13.5 Å². The summed E-state index contributed by atoms with van der Waals surface area (Å²) in [6.07, 6.45) is 0.730. The van der Waals surface area contributed by atoms with Crippen molar-refractivity contribution in [1.29, 1.82) is 0 Å². The topological polar surface area (TPSA) is 59.8 Å². The highest BCUT2D eigenvalue weighted by Gasteiger charge is 2.13. The summed E-state index contributed by atoms with van der Waals surface area (Å²) >= 11 is 1.62. The smallest absolute Gasteiger partial charge is 0.271 e. The van der Waals surface area contributed by atoms with E-state index in [-0.39, 0.29) is 5.91 Å². The third-order valence-electron chi connectivity index (χ3n) is 3.79. The molecule has 124 valence electrons. The first-order valence-electron chi connectivity index (χ1n) is 7.83. The number of carbonyl (C=O) groups excluding carboxylic acids is 1. The first kappa shape index (κ1) is 16.4. The van der Waals surface area contributed by atoms with E-state index in [1.54, 1.807) is 16.0 Å². The van der Waals surface area contributed by atoms with Crippen molar-refractivity contribution in [1.82, 2.24) is 20.1 Å². The Morgan fingerprint density at radius 1 is 1.25 bits per heavy atom. The van der Waals surface area contributed by atoms with Crippen LogP contribution in [0.3, 0.4) is 0 Å². The third-order valence-corrected chi connectivity index (χ3v) is 4.62. The van der Waals surface area contributed by atoms with Crippen molar-refractivity contribution >= 4 is 17.2 Å². The standard InChI is InChI=1S/C18H20N4OS/c1-12-4-6-14(7-5-12)17-10-16(21-22(17)3)18(23)19-9-8-15-11-24-13(2)20-15/h4-7,10-11H,8-9H2,1-3H3,(H,19,23). The zero-order chi connectivity index (χ0) is 17.1. The van der Waals surface area contributed by atoms with Gasteiger partial charge in [-0.2, -0.15) is 5.10 Å². The molecule has 0 aliphatic carbocycles. The fourth-order valence-corrected chi connectivity index (χ4v) is 3.14. The van der Waals surface area contributed by atoms with Gasteiger partial charge in [0.15, 0.2) is 5.69 Å². The molecule has 3 aromatic rings. The Kier molecular flexibility index (Phi) is 4.76. The maximum atomic E-state index is 12.3. The SMILES string of the molecule is Cc1ccc(-c2cc(C(=O)NCCc3csc(C)n3)nn2C)cc1. The van der Waals surface area contributed by atoms with Gasteiger partial charge in [0.05, 0.1) is 16.4 Å². The van der Waals surface area contributed by atoms with Crippen molar-refractivity contribution in [2.24, 2.45) is 7.05 Å². The normalized spacial score (nSPS) is 10.8. The second-order valence-corrected chi connectivity index (χ2v) is 6.83. The van der Waals surface area contributed by atoms with Crippen molar-refractivity contribution in [3.63, 3.8) is 0 Å². The highest BCUT2D eigenvalue weighted by Crippen LogP contribution is 2.20. The van der Waals surface area contributed by atoms with E-state index in [1.165, 1.54) is 5.56 Å². The lowest BCUT2D eigenvalue weighted by Crippen LogP contribution is -2.26. The monoisotopic (exact) mass is 340 g/mol. The molecule has 0 aliphatic heterocycles. The summed E-state index contributed by atoms with van der Waals surface area (Å²) in [5.41, 5.74) is 4.63. The molecule has 2 aromatic heterocycles. The number of nitrogens with one attached hydrogen (secondary N) is 1. The summed E-state index contributed by atoms with van der Waals surface area (Å²) in [4.78, 5) is 16.7. The van der Waals surface area contributed by atoms with E-state index in [0.717, 1.165) is 28.4 Å². The van der Waals surface area contributed by atoms with Gasteiger partial charge in [0, 0.05) is 25.4 Å². The van der Waals surface area contributed by atoms with Gasteiger partial charge in [0.2, 0.25) is 0 Å². The Morgan fingerprint density at radius 3 is 2.67 bits per heavy atom. The number of amides is 1. The minimum absolute atomic E-state index is 0.157.